The van der Waals surface area contributed by atoms with Crippen molar-refractivity contribution in [2.75, 3.05) is 0 Å². The molecule has 1 atom stereocenters. The van der Waals surface area contributed by atoms with Crippen molar-refractivity contribution in [3.8, 4) is 0 Å². The number of carbonyl (C=O) groups excluding carboxylic acids is 1. The van der Waals surface area contributed by atoms with Crippen LogP contribution in [0.1, 0.15) is 36.2 Å². The minimum atomic E-state index is -0.742. The minimum absolute atomic E-state index is 0.0675. The van der Waals surface area contributed by atoms with Crippen LogP contribution in [0.15, 0.2) is 48.5 Å². The van der Waals surface area contributed by atoms with E-state index in [1.54, 1.807) is 4.90 Å². The lowest BCUT2D eigenvalue weighted by Crippen LogP contribution is -2.37. The summed E-state index contributed by atoms with van der Waals surface area (Å²) in [4.78, 5) is 35.2. The van der Waals surface area contributed by atoms with Crippen LogP contribution in [0.25, 0.3) is 0 Å². The Bertz CT molecular complexity index is 791. The van der Waals surface area contributed by atoms with Crippen molar-refractivity contribution in [3.05, 3.63) is 79.9 Å². The number of nitro benzene ring substituents is 2. The maximum Gasteiger partial charge on any atom is 0.277 e. The van der Waals surface area contributed by atoms with Gasteiger partial charge in [-0.25, -0.2) is 0 Å². The van der Waals surface area contributed by atoms with E-state index in [4.69, 9.17) is 0 Å². The van der Waals surface area contributed by atoms with Gasteiger partial charge in [0.2, 0.25) is 0 Å². The van der Waals surface area contributed by atoms with E-state index >= 15 is 0 Å². The fraction of sp³-hybridized carbons (Fsp3) is 0.278. The second kappa shape index (κ2) is 8.19. The molecule has 2 aromatic rings. The van der Waals surface area contributed by atoms with Crippen LogP contribution in [-0.4, -0.2) is 26.7 Å². The molecule has 0 aromatic heterocycles. The number of carbonyl (C=O) groups is 1. The molecule has 2 aromatic carbocycles. The van der Waals surface area contributed by atoms with Gasteiger partial charge < -0.3 is 4.90 Å². The van der Waals surface area contributed by atoms with Gasteiger partial charge in [0.25, 0.3) is 17.3 Å². The molecule has 0 bridgehead atoms. The molecular formula is C18H19N3O5. The molecule has 8 heteroatoms. The summed E-state index contributed by atoms with van der Waals surface area (Å²) in [5, 5.41) is 22.1. The first-order valence-corrected chi connectivity index (χ1v) is 8.12. The minimum Gasteiger partial charge on any atom is -0.332 e. The summed E-state index contributed by atoms with van der Waals surface area (Å²) in [6, 6.07) is 12.2. The maximum absolute atomic E-state index is 13.0. The Labute approximate surface area is 150 Å². The molecule has 0 saturated heterocycles. The first-order valence-electron chi connectivity index (χ1n) is 8.12. The van der Waals surface area contributed by atoms with E-state index in [2.05, 4.69) is 0 Å². The van der Waals surface area contributed by atoms with E-state index in [9.17, 15) is 25.0 Å². The topological polar surface area (TPSA) is 107 Å². The average molecular weight is 357 g/mol. The van der Waals surface area contributed by atoms with Crippen molar-refractivity contribution in [1.82, 2.24) is 4.90 Å². The molecular weight excluding hydrogens is 338 g/mol. The first kappa shape index (κ1) is 19.0. The number of nitrogens with zero attached hydrogens (tertiary/aromatic N) is 3. The highest BCUT2D eigenvalue weighted by molar-refractivity contribution is 5.95. The van der Waals surface area contributed by atoms with E-state index in [-0.39, 0.29) is 11.6 Å². The lowest BCUT2D eigenvalue weighted by molar-refractivity contribution is -0.394. The summed E-state index contributed by atoms with van der Waals surface area (Å²) in [5.74, 6) is -0.477. The zero-order valence-corrected chi connectivity index (χ0v) is 14.5. The number of nitro groups is 2. The quantitative estimate of drug-likeness (QED) is 0.551. The summed E-state index contributed by atoms with van der Waals surface area (Å²) in [6.07, 6.45) is 0.676. The van der Waals surface area contributed by atoms with E-state index in [1.165, 1.54) is 0 Å². The Morgan fingerprint density at radius 1 is 1.04 bits per heavy atom. The van der Waals surface area contributed by atoms with Crippen LogP contribution in [0.2, 0.25) is 0 Å². The molecule has 0 spiro atoms. The second-order valence-corrected chi connectivity index (χ2v) is 5.93. The second-order valence-electron chi connectivity index (χ2n) is 5.93. The van der Waals surface area contributed by atoms with Gasteiger partial charge in [-0.15, -0.1) is 0 Å². The van der Waals surface area contributed by atoms with Crippen LogP contribution in [-0.2, 0) is 6.54 Å². The number of rotatable bonds is 7. The lowest BCUT2D eigenvalue weighted by Gasteiger charge is -2.29. The van der Waals surface area contributed by atoms with Gasteiger partial charge in [-0.1, -0.05) is 37.3 Å². The number of benzene rings is 2. The molecule has 0 saturated carbocycles. The predicted molar refractivity (Wildman–Crippen MR) is 95.8 cm³/mol. The van der Waals surface area contributed by atoms with Crippen LogP contribution >= 0.6 is 0 Å². The van der Waals surface area contributed by atoms with Gasteiger partial charge in [0.05, 0.1) is 21.5 Å². The Hall–Kier alpha value is -3.29. The standard InChI is InChI=1S/C18H19N3O5/c1-3-13(2)19(12-14-7-5-4-6-8-14)18(22)15-9-16(20(23)24)11-17(10-15)21(25)26/h4-11,13H,3,12H2,1-2H3. The summed E-state index contributed by atoms with van der Waals surface area (Å²) in [7, 11) is 0. The highest BCUT2D eigenvalue weighted by Gasteiger charge is 2.25. The van der Waals surface area contributed by atoms with Crippen molar-refractivity contribution in [3.63, 3.8) is 0 Å². The molecule has 0 aliphatic carbocycles. The summed E-state index contributed by atoms with van der Waals surface area (Å²) in [6.45, 7) is 4.10. The summed E-state index contributed by atoms with van der Waals surface area (Å²) < 4.78 is 0. The Kier molecular flexibility index (Phi) is 6.00. The number of hydrogen-bond donors (Lipinski definition) is 0. The number of non-ortho nitro benzene ring substituents is 2. The van der Waals surface area contributed by atoms with Crippen LogP contribution < -0.4 is 0 Å². The third-order valence-corrected chi connectivity index (χ3v) is 4.15. The average Bonchev–Trinajstić information content (AvgIpc) is 2.65. The molecule has 136 valence electrons. The molecule has 0 aliphatic rings. The molecule has 0 aliphatic heterocycles. The largest absolute Gasteiger partial charge is 0.332 e. The summed E-state index contributed by atoms with van der Waals surface area (Å²) >= 11 is 0. The predicted octanol–water partition coefficient (Wildman–Crippen LogP) is 3.94. The van der Waals surface area contributed by atoms with E-state index in [0.717, 1.165) is 23.8 Å². The van der Waals surface area contributed by atoms with Gasteiger partial charge in [0, 0.05) is 24.7 Å². The Balaban J connectivity index is 2.44. The normalized spacial score (nSPS) is 11.6. The van der Waals surface area contributed by atoms with Crippen molar-refractivity contribution in [2.24, 2.45) is 0 Å². The van der Waals surface area contributed by atoms with Crippen LogP contribution in [0.3, 0.4) is 0 Å². The van der Waals surface area contributed by atoms with E-state index in [0.29, 0.717) is 13.0 Å². The number of amides is 1. The fourth-order valence-corrected chi connectivity index (χ4v) is 2.52. The molecule has 0 heterocycles. The molecule has 8 nitrogen and oxygen atoms in total. The molecule has 26 heavy (non-hydrogen) atoms. The zero-order chi connectivity index (χ0) is 19.3. The zero-order valence-electron chi connectivity index (χ0n) is 14.5. The van der Waals surface area contributed by atoms with Gasteiger partial charge in [0.15, 0.2) is 0 Å². The van der Waals surface area contributed by atoms with Crippen molar-refractivity contribution in [2.45, 2.75) is 32.9 Å². The molecule has 1 amide bonds. The molecule has 0 N–H and O–H groups in total. The van der Waals surface area contributed by atoms with Gasteiger partial charge in [-0.3, -0.25) is 25.0 Å². The van der Waals surface area contributed by atoms with Crippen LogP contribution in [0.4, 0.5) is 11.4 Å². The molecule has 0 radical (unpaired) electrons. The van der Waals surface area contributed by atoms with Gasteiger partial charge in [-0.2, -0.15) is 0 Å². The van der Waals surface area contributed by atoms with Gasteiger partial charge in [-0.05, 0) is 18.9 Å². The first-order chi connectivity index (χ1) is 12.3. The van der Waals surface area contributed by atoms with Crippen molar-refractivity contribution in [1.29, 1.82) is 0 Å². The highest BCUT2D eigenvalue weighted by Crippen LogP contribution is 2.25. The maximum atomic E-state index is 13.0. The third-order valence-electron chi connectivity index (χ3n) is 4.15. The molecule has 2 rings (SSSR count). The van der Waals surface area contributed by atoms with E-state index < -0.39 is 27.1 Å². The van der Waals surface area contributed by atoms with Gasteiger partial charge in [0.1, 0.15) is 0 Å². The third kappa shape index (κ3) is 4.41. The SMILES string of the molecule is CCC(C)N(Cc1ccccc1)C(=O)c1cc([N+](=O)[O-])cc([N+](=O)[O-])c1. The van der Waals surface area contributed by atoms with Gasteiger partial charge >= 0.3 is 0 Å². The van der Waals surface area contributed by atoms with Crippen molar-refractivity contribution < 1.29 is 14.6 Å². The lowest BCUT2D eigenvalue weighted by atomic mass is 10.1. The van der Waals surface area contributed by atoms with Crippen LogP contribution in [0.5, 0.6) is 0 Å². The smallest absolute Gasteiger partial charge is 0.277 e. The van der Waals surface area contributed by atoms with Crippen LogP contribution in [0, 0.1) is 20.2 Å². The number of hydrogen-bond acceptors (Lipinski definition) is 5. The monoisotopic (exact) mass is 357 g/mol. The van der Waals surface area contributed by atoms with Crippen molar-refractivity contribution >= 4 is 17.3 Å². The Morgan fingerprint density at radius 2 is 1.58 bits per heavy atom. The Morgan fingerprint density at radius 3 is 2.04 bits per heavy atom. The highest BCUT2D eigenvalue weighted by atomic mass is 16.6. The molecule has 0 fully saturated rings. The summed E-state index contributed by atoms with van der Waals surface area (Å²) in [5.41, 5.74) is -0.124. The molecule has 1 unspecified atom stereocenters. The van der Waals surface area contributed by atoms with E-state index in [1.807, 2.05) is 44.2 Å². The fourth-order valence-electron chi connectivity index (χ4n) is 2.52.